The fraction of sp³-hybridized carbons (Fsp3) is 0.348. The van der Waals surface area contributed by atoms with Gasteiger partial charge in [-0.1, -0.05) is 12.1 Å². The van der Waals surface area contributed by atoms with Crippen molar-refractivity contribution in [2.45, 2.75) is 25.4 Å². The molecule has 33 heavy (non-hydrogen) atoms. The molecule has 0 spiro atoms. The van der Waals surface area contributed by atoms with Crippen LogP contribution in [-0.4, -0.2) is 28.1 Å². The van der Waals surface area contributed by atoms with Gasteiger partial charge in [0.2, 0.25) is 0 Å². The predicted molar refractivity (Wildman–Crippen MR) is 120 cm³/mol. The average molecular weight is 460 g/mol. The van der Waals surface area contributed by atoms with E-state index >= 15 is 0 Å². The number of carbonyl (C=O) groups excluding carboxylic acids is 1. The van der Waals surface area contributed by atoms with Crippen molar-refractivity contribution in [1.29, 1.82) is 0 Å². The van der Waals surface area contributed by atoms with Gasteiger partial charge < -0.3 is 19.4 Å². The SMILES string of the molecule is Cn1c(=O)c(=O)n(C)c2cc(N3CCCCC3)c(NC(=O)c3ccccc3C(F)(F)F)cc21. The Bertz CT molecular complexity index is 1350. The van der Waals surface area contributed by atoms with E-state index < -0.39 is 34.3 Å². The number of benzene rings is 2. The first-order valence-electron chi connectivity index (χ1n) is 10.6. The molecule has 0 bridgehead atoms. The molecule has 1 saturated heterocycles. The van der Waals surface area contributed by atoms with Gasteiger partial charge in [-0.3, -0.25) is 14.4 Å². The van der Waals surface area contributed by atoms with E-state index in [1.165, 1.54) is 41.4 Å². The summed E-state index contributed by atoms with van der Waals surface area (Å²) in [5.74, 6) is -0.907. The van der Waals surface area contributed by atoms with Crippen LogP contribution in [0.2, 0.25) is 0 Å². The average Bonchev–Trinajstić information content (AvgIpc) is 2.81. The van der Waals surface area contributed by atoms with Crippen LogP contribution in [0.25, 0.3) is 11.0 Å². The van der Waals surface area contributed by atoms with Crippen LogP contribution in [0.4, 0.5) is 24.5 Å². The summed E-state index contributed by atoms with van der Waals surface area (Å²) in [5, 5.41) is 2.63. The van der Waals surface area contributed by atoms with Gasteiger partial charge in [0.05, 0.1) is 33.5 Å². The number of hydrogen-bond donors (Lipinski definition) is 1. The first kappa shape index (κ1) is 22.6. The third kappa shape index (κ3) is 4.12. The van der Waals surface area contributed by atoms with Gasteiger partial charge in [-0.25, -0.2) is 0 Å². The molecule has 1 amide bonds. The number of aromatic nitrogens is 2. The van der Waals surface area contributed by atoms with Crippen LogP contribution >= 0.6 is 0 Å². The van der Waals surface area contributed by atoms with E-state index in [0.717, 1.165) is 31.4 Å². The maximum Gasteiger partial charge on any atom is 0.417 e. The van der Waals surface area contributed by atoms with Gasteiger partial charge in [0.25, 0.3) is 5.91 Å². The van der Waals surface area contributed by atoms with Crippen molar-refractivity contribution >= 4 is 28.3 Å². The molecule has 1 aliphatic rings. The Balaban J connectivity index is 1.88. The highest BCUT2D eigenvalue weighted by atomic mass is 19.4. The van der Waals surface area contributed by atoms with Crippen molar-refractivity contribution in [2.75, 3.05) is 23.3 Å². The molecule has 0 saturated carbocycles. The van der Waals surface area contributed by atoms with E-state index in [9.17, 15) is 27.6 Å². The maximum absolute atomic E-state index is 13.4. The van der Waals surface area contributed by atoms with Crippen molar-refractivity contribution in [3.05, 3.63) is 68.2 Å². The molecule has 3 aromatic rings. The van der Waals surface area contributed by atoms with Crippen molar-refractivity contribution < 1.29 is 18.0 Å². The van der Waals surface area contributed by atoms with Crippen LogP contribution in [0, 0.1) is 0 Å². The molecule has 1 aliphatic heterocycles. The number of hydrogen-bond acceptors (Lipinski definition) is 4. The summed E-state index contributed by atoms with van der Waals surface area (Å²) in [6.45, 7) is 1.40. The molecule has 4 rings (SSSR count). The zero-order valence-corrected chi connectivity index (χ0v) is 18.2. The van der Waals surface area contributed by atoms with Gasteiger partial charge in [0.1, 0.15) is 0 Å². The maximum atomic E-state index is 13.4. The third-order valence-electron chi connectivity index (χ3n) is 6.03. The summed E-state index contributed by atoms with van der Waals surface area (Å²) in [6, 6.07) is 7.82. The fourth-order valence-corrected chi connectivity index (χ4v) is 4.22. The second-order valence-corrected chi connectivity index (χ2v) is 8.13. The number of anilines is 2. The van der Waals surface area contributed by atoms with Gasteiger partial charge >= 0.3 is 17.3 Å². The van der Waals surface area contributed by atoms with E-state index in [1.54, 1.807) is 6.07 Å². The molecule has 2 heterocycles. The van der Waals surface area contributed by atoms with Gasteiger partial charge in [-0.15, -0.1) is 0 Å². The Labute approximate surface area is 187 Å². The van der Waals surface area contributed by atoms with Gasteiger partial charge in [0.15, 0.2) is 0 Å². The van der Waals surface area contributed by atoms with Gasteiger partial charge in [0, 0.05) is 27.2 Å². The molecular formula is C23H23F3N4O3. The van der Waals surface area contributed by atoms with Crippen LogP contribution in [-0.2, 0) is 20.3 Å². The summed E-state index contributed by atoms with van der Waals surface area (Å²) < 4.78 is 42.8. The lowest BCUT2D eigenvalue weighted by molar-refractivity contribution is -0.137. The molecule has 174 valence electrons. The minimum absolute atomic E-state index is 0.278. The third-order valence-corrected chi connectivity index (χ3v) is 6.03. The van der Waals surface area contributed by atoms with Crippen molar-refractivity contribution in [1.82, 2.24) is 9.13 Å². The minimum Gasteiger partial charge on any atom is -0.370 e. The van der Waals surface area contributed by atoms with Crippen LogP contribution in [0.15, 0.2) is 46.0 Å². The first-order valence-corrected chi connectivity index (χ1v) is 10.6. The number of rotatable bonds is 3. The lowest BCUT2D eigenvalue weighted by atomic mass is 10.1. The zero-order chi connectivity index (χ0) is 23.9. The molecule has 2 aromatic carbocycles. The highest BCUT2D eigenvalue weighted by Gasteiger charge is 2.35. The largest absolute Gasteiger partial charge is 0.417 e. The number of halogens is 3. The van der Waals surface area contributed by atoms with Gasteiger partial charge in [-0.05, 0) is 43.5 Å². The molecule has 0 atom stereocenters. The number of nitrogens with zero attached hydrogens (tertiary/aromatic N) is 3. The Kier molecular flexibility index (Phi) is 5.77. The van der Waals surface area contributed by atoms with Crippen LogP contribution in [0.1, 0.15) is 35.2 Å². The van der Waals surface area contributed by atoms with Crippen LogP contribution in [0.5, 0.6) is 0 Å². The number of piperidine rings is 1. The molecule has 1 aromatic heterocycles. The topological polar surface area (TPSA) is 76.3 Å². The number of amides is 1. The predicted octanol–water partition coefficient (Wildman–Crippen LogP) is 3.50. The summed E-state index contributed by atoms with van der Waals surface area (Å²) in [6.07, 6.45) is -1.78. The lowest BCUT2D eigenvalue weighted by Gasteiger charge is -2.31. The monoisotopic (exact) mass is 460 g/mol. The number of carbonyl (C=O) groups is 1. The zero-order valence-electron chi connectivity index (χ0n) is 18.2. The quantitative estimate of drug-likeness (QED) is 0.607. The fourth-order valence-electron chi connectivity index (χ4n) is 4.22. The number of alkyl halides is 3. The number of nitrogens with one attached hydrogen (secondary N) is 1. The van der Waals surface area contributed by atoms with Crippen LogP contribution < -0.4 is 21.3 Å². The Hall–Kier alpha value is -3.56. The highest BCUT2D eigenvalue weighted by molar-refractivity contribution is 6.08. The highest BCUT2D eigenvalue weighted by Crippen LogP contribution is 2.35. The summed E-state index contributed by atoms with van der Waals surface area (Å²) >= 11 is 0. The first-order chi connectivity index (χ1) is 15.6. The summed E-state index contributed by atoms with van der Waals surface area (Å²) in [4.78, 5) is 39.6. The Morgan fingerprint density at radius 2 is 1.48 bits per heavy atom. The smallest absolute Gasteiger partial charge is 0.370 e. The van der Waals surface area contributed by atoms with E-state index in [1.807, 2.05) is 4.90 Å². The van der Waals surface area contributed by atoms with Crippen molar-refractivity contribution in [3.63, 3.8) is 0 Å². The molecule has 1 fully saturated rings. The Morgan fingerprint density at radius 3 is 2.09 bits per heavy atom. The van der Waals surface area contributed by atoms with E-state index in [-0.39, 0.29) is 5.69 Å². The molecule has 0 aliphatic carbocycles. The van der Waals surface area contributed by atoms with Crippen molar-refractivity contribution in [3.8, 4) is 0 Å². The molecule has 1 N–H and O–H groups in total. The molecule has 7 nitrogen and oxygen atoms in total. The molecule has 0 radical (unpaired) electrons. The standard InChI is InChI=1S/C23H23F3N4O3/c1-28-18-12-16(27-20(31)14-8-4-5-9-15(14)23(24,25)26)17(30-10-6-3-7-11-30)13-19(18)29(2)22(33)21(28)32/h4-5,8-9,12-13H,3,6-7,10-11H2,1-2H3,(H,27,31). The minimum atomic E-state index is -4.69. The second-order valence-electron chi connectivity index (χ2n) is 8.13. The number of aryl methyl sites for hydroxylation is 2. The second kappa shape index (κ2) is 8.42. The number of fused-ring (bicyclic) bond motifs is 1. The summed E-state index contributed by atoms with van der Waals surface area (Å²) in [5.41, 5.74) is -1.23. The molecule has 0 unspecified atom stereocenters. The van der Waals surface area contributed by atoms with E-state index in [2.05, 4.69) is 5.32 Å². The summed E-state index contributed by atoms with van der Waals surface area (Å²) in [7, 11) is 2.93. The molecule has 10 heteroatoms. The van der Waals surface area contributed by atoms with E-state index in [0.29, 0.717) is 29.8 Å². The lowest BCUT2D eigenvalue weighted by Crippen LogP contribution is -2.39. The van der Waals surface area contributed by atoms with Gasteiger partial charge in [-0.2, -0.15) is 13.2 Å². The molecular weight excluding hydrogens is 437 g/mol. The van der Waals surface area contributed by atoms with Crippen LogP contribution in [0.3, 0.4) is 0 Å². The normalized spacial score (nSPS) is 14.5. The van der Waals surface area contributed by atoms with Crippen molar-refractivity contribution in [2.24, 2.45) is 14.1 Å². The Morgan fingerprint density at radius 1 is 0.909 bits per heavy atom. The van der Waals surface area contributed by atoms with E-state index in [4.69, 9.17) is 0 Å².